The second kappa shape index (κ2) is 8.66. The fourth-order valence-corrected chi connectivity index (χ4v) is 4.02. The summed E-state index contributed by atoms with van der Waals surface area (Å²) in [6.45, 7) is 1.75. The number of benzene rings is 3. The quantitative estimate of drug-likeness (QED) is 0.363. The van der Waals surface area contributed by atoms with Crippen LogP contribution in [-0.4, -0.2) is 8.42 Å². The molecule has 4 nitrogen and oxygen atoms in total. The van der Waals surface area contributed by atoms with Crippen molar-refractivity contribution in [1.82, 2.24) is 0 Å². The van der Waals surface area contributed by atoms with Gasteiger partial charge >= 0.3 is 6.18 Å². The summed E-state index contributed by atoms with van der Waals surface area (Å²) in [6.07, 6.45) is -4.98. The van der Waals surface area contributed by atoms with E-state index in [2.05, 4.69) is 15.9 Å². The van der Waals surface area contributed by atoms with Crippen molar-refractivity contribution < 1.29 is 39.5 Å². The molecular formula is C20H12BrF6NO3S. The van der Waals surface area contributed by atoms with Gasteiger partial charge in [0, 0.05) is 6.07 Å². The van der Waals surface area contributed by atoms with Crippen LogP contribution in [0.15, 0.2) is 57.9 Å². The molecule has 1 N–H and O–H groups in total. The van der Waals surface area contributed by atoms with E-state index in [0.29, 0.717) is 6.07 Å². The first-order valence-electron chi connectivity index (χ1n) is 8.60. The number of sulfonamides is 1. The van der Waals surface area contributed by atoms with E-state index in [-0.39, 0.29) is 21.5 Å². The highest BCUT2D eigenvalue weighted by molar-refractivity contribution is 9.10. The Kier molecular flexibility index (Phi) is 6.47. The fraction of sp³-hybridized carbons (Fsp3) is 0.100. The van der Waals surface area contributed by atoms with Gasteiger partial charge in [-0.2, -0.15) is 13.2 Å². The number of ether oxygens (including phenoxy) is 1. The lowest BCUT2D eigenvalue weighted by Crippen LogP contribution is -2.14. The van der Waals surface area contributed by atoms with Gasteiger partial charge in [-0.25, -0.2) is 21.6 Å². The van der Waals surface area contributed by atoms with Crippen LogP contribution in [0.4, 0.5) is 32.0 Å². The number of hydrogen-bond acceptors (Lipinski definition) is 3. The monoisotopic (exact) mass is 539 g/mol. The first-order valence-corrected chi connectivity index (χ1v) is 10.9. The number of hydrogen-bond donors (Lipinski definition) is 1. The average Bonchev–Trinajstić information content (AvgIpc) is 2.67. The highest BCUT2D eigenvalue weighted by Crippen LogP contribution is 2.39. The Hall–Kier alpha value is -2.73. The summed E-state index contributed by atoms with van der Waals surface area (Å²) in [5, 5.41) is 0. The van der Waals surface area contributed by atoms with Crippen LogP contribution >= 0.6 is 15.9 Å². The second-order valence-corrected chi connectivity index (χ2v) is 9.09. The van der Waals surface area contributed by atoms with E-state index in [1.165, 1.54) is 12.1 Å². The number of aryl methyl sites for hydroxylation is 1. The lowest BCUT2D eigenvalue weighted by atomic mass is 10.2. The van der Waals surface area contributed by atoms with Gasteiger partial charge in [0.05, 0.1) is 20.6 Å². The molecule has 3 rings (SSSR count). The third-order valence-electron chi connectivity index (χ3n) is 4.13. The zero-order chi connectivity index (χ0) is 23.8. The molecule has 0 atom stereocenters. The first-order chi connectivity index (χ1) is 14.8. The van der Waals surface area contributed by atoms with Gasteiger partial charge in [0.1, 0.15) is 5.75 Å². The molecule has 0 amide bonds. The van der Waals surface area contributed by atoms with Crippen molar-refractivity contribution in [2.45, 2.75) is 18.0 Å². The molecular weight excluding hydrogens is 528 g/mol. The first kappa shape index (κ1) is 23.9. The summed E-state index contributed by atoms with van der Waals surface area (Å²) < 4.78 is 112. The molecule has 0 bridgehead atoms. The van der Waals surface area contributed by atoms with E-state index in [1.54, 1.807) is 19.1 Å². The predicted octanol–water partition coefficient (Wildman–Crippen LogP) is 6.79. The lowest BCUT2D eigenvalue weighted by molar-refractivity contribution is -0.138. The number of anilines is 1. The summed E-state index contributed by atoms with van der Waals surface area (Å²) in [5.41, 5.74) is -1.26. The van der Waals surface area contributed by atoms with Gasteiger partial charge in [-0.3, -0.25) is 4.72 Å². The van der Waals surface area contributed by atoms with Gasteiger partial charge in [0.25, 0.3) is 10.0 Å². The standard InChI is InChI=1S/C20H12BrF6NO3S/c1-10-2-4-12(5-3-10)32(29,30)28-17-8-13(21)18(9-14(17)22)31-19-15(23)6-11(7-16(19)24)20(25,26)27/h2-9,28H,1H3. The predicted molar refractivity (Wildman–Crippen MR) is 108 cm³/mol. The smallest absolute Gasteiger partial charge is 0.416 e. The molecule has 0 fully saturated rings. The average molecular weight is 540 g/mol. The molecule has 3 aromatic rings. The van der Waals surface area contributed by atoms with Crippen LogP contribution in [0, 0.1) is 24.4 Å². The highest BCUT2D eigenvalue weighted by Gasteiger charge is 2.33. The van der Waals surface area contributed by atoms with E-state index in [0.717, 1.165) is 11.6 Å². The van der Waals surface area contributed by atoms with Gasteiger partial charge in [-0.15, -0.1) is 0 Å². The molecule has 12 heteroatoms. The molecule has 0 radical (unpaired) electrons. The minimum absolute atomic E-state index is 0.0345. The normalized spacial score (nSPS) is 12.0. The summed E-state index contributed by atoms with van der Waals surface area (Å²) in [7, 11) is -4.15. The molecule has 3 aromatic carbocycles. The van der Waals surface area contributed by atoms with Crippen LogP contribution in [0.2, 0.25) is 0 Å². The minimum atomic E-state index is -4.98. The number of rotatable bonds is 5. The van der Waals surface area contributed by atoms with E-state index < -0.39 is 56.4 Å². The van der Waals surface area contributed by atoms with Crippen molar-refractivity contribution in [1.29, 1.82) is 0 Å². The Balaban J connectivity index is 1.91. The van der Waals surface area contributed by atoms with Gasteiger partial charge in [-0.1, -0.05) is 17.7 Å². The minimum Gasteiger partial charge on any atom is -0.450 e. The van der Waals surface area contributed by atoms with Gasteiger partial charge < -0.3 is 4.74 Å². The van der Waals surface area contributed by atoms with Crippen molar-refractivity contribution in [3.63, 3.8) is 0 Å². The van der Waals surface area contributed by atoms with Gasteiger partial charge in [0.15, 0.2) is 23.2 Å². The molecule has 170 valence electrons. The number of halogens is 7. The van der Waals surface area contributed by atoms with Crippen molar-refractivity contribution >= 4 is 31.6 Å². The SMILES string of the molecule is Cc1ccc(S(=O)(=O)Nc2cc(Br)c(Oc3c(F)cc(C(F)(F)F)cc3F)cc2F)cc1. The third kappa shape index (κ3) is 5.18. The Morgan fingerprint density at radius 3 is 2.00 bits per heavy atom. The molecule has 32 heavy (non-hydrogen) atoms. The van der Waals surface area contributed by atoms with Crippen molar-refractivity contribution in [2.24, 2.45) is 0 Å². The Morgan fingerprint density at radius 2 is 1.47 bits per heavy atom. The number of nitrogens with one attached hydrogen (secondary N) is 1. The molecule has 0 aromatic heterocycles. The maximum absolute atomic E-state index is 14.5. The number of alkyl halides is 3. The molecule has 0 saturated heterocycles. The largest absolute Gasteiger partial charge is 0.450 e. The Labute approximate surface area is 187 Å². The van der Waals surface area contributed by atoms with Crippen LogP contribution in [0.5, 0.6) is 11.5 Å². The third-order valence-corrected chi connectivity index (χ3v) is 6.14. The molecule has 0 aliphatic rings. The zero-order valence-corrected chi connectivity index (χ0v) is 18.3. The molecule has 0 aliphatic carbocycles. The van der Waals surface area contributed by atoms with E-state index in [4.69, 9.17) is 4.74 Å². The van der Waals surface area contributed by atoms with Crippen LogP contribution in [0.1, 0.15) is 11.1 Å². The topological polar surface area (TPSA) is 55.4 Å². The van der Waals surface area contributed by atoms with Crippen LogP contribution in [0.3, 0.4) is 0 Å². The summed E-state index contributed by atoms with van der Waals surface area (Å²) in [5.74, 6) is -6.17. The molecule has 0 unspecified atom stereocenters. The molecule has 0 spiro atoms. The molecule has 0 saturated carbocycles. The Morgan fingerprint density at radius 1 is 0.906 bits per heavy atom. The van der Waals surface area contributed by atoms with Crippen molar-refractivity contribution in [3.8, 4) is 11.5 Å². The van der Waals surface area contributed by atoms with Crippen LogP contribution in [-0.2, 0) is 16.2 Å². The van der Waals surface area contributed by atoms with Crippen molar-refractivity contribution in [2.75, 3.05) is 4.72 Å². The van der Waals surface area contributed by atoms with Gasteiger partial charge in [0.2, 0.25) is 0 Å². The zero-order valence-electron chi connectivity index (χ0n) is 15.9. The van der Waals surface area contributed by atoms with E-state index in [1.807, 2.05) is 4.72 Å². The molecule has 0 heterocycles. The van der Waals surface area contributed by atoms with Crippen LogP contribution in [0.25, 0.3) is 0 Å². The highest BCUT2D eigenvalue weighted by atomic mass is 79.9. The van der Waals surface area contributed by atoms with E-state index in [9.17, 15) is 34.8 Å². The van der Waals surface area contributed by atoms with E-state index >= 15 is 0 Å². The molecule has 0 aliphatic heterocycles. The summed E-state index contributed by atoms with van der Waals surface area (Å²) >= 11 is 2.96. The van der Waals surface area contributed by atoms with Crippen molar-refractivity contribution in [3.05, 3.63) is 81.6 Å². The summed E-state index contributed by atoms with van der Waals surface area (Å²) in [4.78, 5) is -0.132. The van der Waals surface area contributed by atoms with Gasteiger partial charge in [-0.05, 0) is 53.2 Å². The lowest BCUT2D eigenvalue weighted by Gasteiger charge is -2.14. The Bertz CT molecular complexity index is 1250. The van der Waals surface area contributed by atoms with Crippen LogP contribution < -0.4 is 9.46 Å². The fourth-order valence-electron chi connectivity index (χ4n) is 2.54. The maximum Gasteiger partial charge on any atom is 0.416 e. The second-order valence-electron chi connectivity index (χ2n) is 6.55. The summed E-state index contributed by atoms with van der Waals surface area (Å²) in [6, 6.07) is 7.36. The maximum atomic E-state index is 14.5.